The zero-order valence-corrected chi connectivity index (χ0v) is 26.2. The first-order chi connectivity index (χ1) is 23.8. The van der Waals surface area contributed by atoms with E-state index < -0.39 is 0 Å². The Balaban J connectivity index is 1.43. The molecular formula is C46H30N2. The smallest absolute Gasteiger partial charge is 0.0627 e. The lowest BCUT2D eigenvalue weighted by Gasteiger charge is -2.16. The molecular weight excluding hydrogens is 581 g/mol. The van der Waals surface area contributed by atoms with E-state index >= 15 is 0 Å². The first-order valence-electron chi connectivity index (χ1n) is 16.5. The molecule has 0 unspecified atom stereocenters. The van der Waals surface area contributed by atoms with Crippen LogP contribution in [0, 0.1) is 0 Å². The van der Waals surface area contributed by atoms with Crippen molar-refractivity contribution in [2.24, 2.45) is 0 Å². The van der Waals surface area contributed by atoms with Crippen LogP contribution in [0.15, 0.2) is 182 Å². The van der Waals surface area contributed by atoms with E-state index in [1.54, 1.807) is 0 Å². The van der Waals surface area contributed by atoms with Crippen LogP contribution in [-0.2, 0) is 0 Å². The number of benzene rings is 8. The Hall–Kier alpha value is -6.38. The lowest BCUT2D eigenvalue weighted by molar-refractivity contribution is 1.18. The Kier molecular flexibility index (Phi) is 5.91. The molecule has 0 aliphatic heterocycles. The second-order valence-corrected chi connectivity index (χ2v) is 12.5. The molecule has 2 aromatic heterocycles. The zero-order chi connectivity index (χ0) is 31.6. The van der Waals surface area contributed by atoms with Crippen LogP contribution in [0.4, 0.5) is 0 Å². The van der Waals surface area contributed by atoms with Gasteiger partial charge < -0.3 is 9.13 Å². The fourth-order valence-corrected chi connectivity index (χ4v) is 7.84. The highest BCUT2D eigenvalue weighted by Crippen LogP contribution is 2.47. The van der Waals surface area contributed by atoms with Crippen LogP contribution >= 0.6 is 0 Å². The molecule has 0 radical (unpaired) electrons. The largest absolute Gasteiger partial charge is 0.309 e. The minimum Gasteiger partial charge on any atom is -0.309 e. The fourth-order valence-electron chi connectivity index (χ4n) is 7.84. The van der Waals surface area contributed by atoms with Gasteiger partial charge in [-0.1, -0.05) is 140 Å². The van der Waals surface area contributed by atoms with Crippen LogP contribution in [0.25, 0.3) is 88.0 Å². The molecule has 0 spiro atoms. The van der Waals surface area contributed by atoms with Gasteiger partial charge >= 0.3 is 0 Å². The van der Waals surface area contributed by atoms with Gasteiger partial charge in [0.25, 0.3) is 0 Å². The van der Waals surface area contributed by atoms with Crippen LogP contribution in [0.3, 0.4) is 0 Å². The third-order valence-electron chi connectivity index (χ3n) is 9.84. The van der Waals surface area contributed by atoms with Gasteiger partial charge in [0, 0.05) is 43.7 Å². The number of hydrogen-bond donors (Lipinski definition) is 0. The van der Waals surface area contributed by atoms with Gasteiger partial charge in [-0.15, -0.1) is 0 Å². The number of aromatic nitrogens is 2. The molecule has 0 aliphatic rings. The maximum atomic E-state index is 2.51. The monoisotopic (exact) mass is 610 g/mol. The molecule has 0 saturated heterocycles. The molecule has 0 saturated carbocycles. The number of fused-ring (bicyclic) bond motifs is 10. The summed E-state index contributed by atoms with van der Waals surface area (Å²) < 4.78 is 4.97. The van der Waals surface area contributed by atoms with Crippen LogP contribution in [-0.4, -0.2) is 9.13 Å². The maximum absolute atomic E-state index is 2.51. The van der Waals surface area contributed by atoms with E-state index in [9.17, 15) is 0 Å². The summed E-state index contributed by atoms with van der Waals surface area (Å²) in [6.45, 7) is 0. The molecule has 0 atom stereocenters. The molecule has 0 fully saturated rings. The van der Waals surface area contributed by atoms with Gasteiger partial charge in [-0.05, 0) is 64.7 Å². The molecule has 2 heteroatoms. The summed E-state index contributed by atoms with van der Waals surface area (Å²) in [7, 11) is 0. The van der Waals surface area contributed by atoms with E-state index in [4.69, 9.17) is 0 Å². The Labute approximate surface area is 278 Å². The van der Waals surface area contributed by atoms with Crippen LogP contribution in [0.5, 0.6) is 0 Å². The average Bonchev–Trinajstić information content (AvgIpc) is 3.70. The molecule has 10 aromatic rings. The highest BCUT2D eigenvalue weighted by molar-refractivity contribution is 6.37. The first-order valence-corrected chi connectivity index (χ1v) is 16.5. The van der Waals surface area contributed by atoms with Gasteiger partial charge in [-0.2, -0.15) is 0 Å². The van der Waals surface area contributed by atoms with Gasteiger partial charge in [-0.3, -0.25) is 0 Å². The Morgan fingerprint density at radius 2 is 0.646 bits per heavy atom. The Bertz CT molecular complexity index is 2750. The highest BCUT2D eigenvalue weighted by Gasteiger charge is 2.24. The minimum absolute atomic E-state index is 1.15. The van der Waals surface area contributed by atoms with Crippen LogP contribution < -0.4 is 0 Å². The van der Waals surface area contributed by atoms with Gasteiger partial charge in [0.2, 0.25) is 0 Å². The van der Waals surface area contributed by atoms with Gasteiger partial charge in [0.05, 0.1) is 22.1 Å². The van der Waals surface area contributed by atoms with Gasteiger partial charge in [0.15, 0.2) is 0 Å². The van der Waals surface area contributed by atoms with Crippen molar-refractivity contribution in [3.05, 3.63) is 182 Å². The summed E-state index contributed by atoms with van der Waals surface area (Å²) in [4.78, 5) is 0. The highest BCUT2D eigenvalue weighted by atomic mass is 15.0. The molecule has 0 N–H and O–H groups in total. The summed E-state index contributed by atoms with van der Waals surface area (Å²) in [5, 5.41) is 7.58. The summed E-state index contributed by atoms with van der Waals surface area (Å²) in [6.07, 6.45) is 0. The molecule has 48 heavy (non-hydrogen) atoms. The Morgan fingerprint density at radius 1 is 0.271 bits per heavy atom. The third kappa shape index (κ3) is 3.93. The van der Waals surface area contributed by atoms with Crippen LogP contribution in [0.1, 0.15) is 0 Å². The van der Waals surface area contributed by atoms with E-state index in [-0.39, 0.29) is 0 Å². The second-order valence-electron chi connectivity index (χ2n) is 12.5. The predicted octanol–water partition coefficient (Wildman–Crippen LogP) is 12.4. The molecule has 2 nitrogen and oxygen atoms in total. The topological polar surface area (TPSA) is 9.86 Å². The average molecular weight is 611 g/mol. The quantitative estimate of drug-likeness (QED) is 0.188. The van der Waals surface area contributed by atoms with Crippen molar-refractivity contribution < 1.29 is 0 Å². The lowest BCUT2D eigenvalue weighted by Crippen LogP contribution is -1.98. The normalized spacial score (nSPS) is 11.8. The predicted molar refractivity (Wildman–Crippen MR) is 203 cm³/mol. The van der Waals surface area contributed by atoms with Crippen molar-refractivity contribution in [1.29, 1.82) is 0 Å². The fraction of sp³-hybridized carbons (Fsp3) is 0. The van der Waals surface area contributed by atoms with E-state index in [0.717, 1.165) is 5.69 Å². The summed E-state index contributed by atoms with van der Waals surface area (Å²) in [5.74, 6) is 0. The molecule has 10 rings (SSSR count). The van der Waals surface area contributed by atoms with Crippen molar-refractivity contribution in [2.45, 2.75) is 0 Å². The zero-order valence-electron chi connectivity index (χ0n) is 26.2. The number of nitrogens with zero attached hydrogens (tertiary/aromatic N) is 2. The van der Waals surface area contributed by atoms with E-state index in [0.29, 0.717) is 0 Å². The van der Waals surface area contributed by atoms with Crippen molar-refractivity contribution in [1.82, 2.24) is 9.13 Å². The number of rotatable bonds is 4. The van der Waals surface area contributed by atoms with E-state index in [2.05, 4.69) is 191 Å². The summed E-state index contributed by atoms with van der Waals surface area (Å²) in [5.41, 5.74) is 12.0. The standard InChI is InChI=1S/C46H30N2/c1-4-16-31(17-5-1)33-28-34(32-18-6-2-7-19-32)30-36(29-33)48-42-27-15-13-25-40(42)44-43-39-24-12-14-26-41(39)47(35-20-8-3-9-21-35)45(43)37-22-10-11-23-38(37)46(44)48/h1-30H. The SMILES string of the molecule is c1ccc(-c2cc(-c3ccccc3)cc(-n3c4ccccc4c4c5c6ccccc6n(-c6ccccc6)c5c5ccccc5c43)c2)cc1. The molecule has 2 heterocycles. The Morgan fingerprint density at radius 3 is 1.12 bits per heavy atom. The van der Waals surface area contributed by atoms with E-state index in [1.165, 1.54) is 82.3 Å². The summed E-state index contributed by atoms with van der Waals surface area (Å²) >= 11 is 0. The molecule has 0 aliphatic carbocycles. The molecule has 0 amide bonds. The lowest BCUT2D eigenvalue weighted by atomic mass is 9.97. The molecule has 224 valence electrons. The first kappa shape index (κ1) is 26.8. The molecule has 0 bridgehead atoms. The van der Waals surface area contributed by atoms with E-state index in [1.807, 2.05) is 0 Å². The van der Waals surface area contributed by atoms with Crippen molar-refractivity contribution in [3.63, 3.8) is 0 Å². The van der Waals surface area contributed by atoms with Crippen molar-refractivity contribution in [3.8, 4) is 33.6 Å². The van der Waals surface area contributed by atoms with Crippen molar-refractivity contribution >= 4 is 54.4 Å². The van der Waals surface area contributed by atoms with Crippen LogP contribution in [0.2, 0.25) is 0 Å². The van der Waals surface area contributed by atoms with Gasteiger partial charge in [0.1, 0.15) is 0 Å². The minimum atomic E-state index is 1.15. The number of para-hydroxylation sites is 3. The third-order valence-corrected chi connectivity index (χ3v) is 9.84. The number of hydrogen-bond acceptors (Lipinski definition) is 0. The van der Waals surface area contributed by atoms with Gasteiger partial charge in [-0.25, -0.2) is 0 Å². The maximum Gasteiger partial charge on any atom is 0.0627 e. The van der Waals surface area contributed by atoms with Crippen molar-refractivity contribution in [2.75, 3.05) is 0 Å². The molecule has 8 aromatic carbocycles. The summed E-state index contributed by atoms with van der Waals surface area (Å²) in [6, 6.07) is 66.1. The second kappa shape index (κ2) is 10.6.